The van der Waals surface area contributed by atoms with Crippen LogP contribution in [0.5, 0.6) is 0 Å². The average Bonchev–Trinajstić information content (AvgIpc) is 3.91. The predicted octanol–water partition coefficient (Wildman–Crippen LogP) is -2.37. The van der Waals surface area contributed by atoms with E-state index in [2.05, 4.69) is 26.8 Å². The third-order valence-corrected chi connectivity index (χ3v) is 19.2. The molecule has 0 aromatic carbocycles. The second kappa shape index (κ2) is 21.6. The molecular weight excluding hydrogens is 953 g/mol. The van der Waals surface area contributed by atoms with Crippen LogP contribution in [0.2, 0.25) is 0 Å². The van der Waals surface area contributed by atoms with E-state index in [0.29, 0.717) is 43.4 Å². The maximum absolute atomic E-state index is 12.1. The fraction of sp³-hybridized carbons (Fsp3) is 0.960. The SMILES string of the molecule is C[C@H](CC[C@@]1(O)O[C@H]2C[C@H]3[C@@H]4CC=C5C[C@@H](O[C@@H]6O[C@H](CO)[C@@H](O[C@@H]7O[C@@H](CO)[C@H](O)[C@H]7O)[C@H](O)[C@H]6O[C@@H]6O[C@@H](C)[C@H](O)[C@@H](O)[C@H]6O)CC[C@]5(C)[C@H]4CC[C@]3(C)[C@H]2[C@@H]1C)CO[C@@H]1O[C@H](CO)[C@@H](O)[C@H](O)[C@H]1O. The molecule has 0 amide bonds. The normalized spacial score (nSPS) is 54.9. The van der Waals surface area contributed by atoms with Crippen LogP contribution in [-0.2, 0) is 42.6 Å². The quantitative estimate of drug-likeness (QED) is 0.0763. The first-order valence-corrected chi connectivity index (χ1v) is 26.3. The highest BCUT2D eigenvalue weighted by molar-refractivity contribution is 5.26. The minimum absolute atomic E-state index is 0.0571. The molecule has 0 radical (unpaired) electrons. The van der Waals surface area contributed by atoms with Gasteiger partial charge >= 0.3 is 0 Å². The standard InChI is InChI=1S/C50H82O22/c1-20(19-64-44-39(60)37(58)34(55)29(16-51)67-44)8-13-50(63)21(2)32-28(72-50)15-27-25-7-6-23-14-24(9-11-48(23,4)26(25)10-12-49(27,32)5)66-47-43(71-45-40(61)36(57)33(54)22(3)65-45)41(62)42(31(18-53)69-47)70-46-38(59)35(56)30(17-52)68-46/h6,20-22,24-47,51-63H,7-19H2,1-5H3/t20-,21+,22+,24+,25-,26+,27+,28+,29-,30+,31-,32+,33+,34-,35+,36-,37+,38-,39-,40-,41+,42-,43-,44-,45+,46+,47-,48+,49+,50-/m1/s1. The van der Waals surface area contributed by atoms with Crippen molar-refractivity contribution in [3.05, 3.63) is 11.6 Å². The van der Waals surface area contributed by atoms with Gasteiger partial charge in [-0.15, -0.1) is 0 Å². The zero-order chi connectivity index (χ0) is 51.9. The molecular formula is C50H82O22. The molecule has 0 unspecified atom stereocenters. The summed E-state index contributed by atoms with van der Waals surface area (Å²) in [6.45, 7) is 8.58. The Morgan fingerprint density at radius 1 is 0.653 bits per heavy atom. The molecule has 0 bridgehead atoms. The topological polar surface area (TPSA) is 346 Å². The number of aliphatic hydroxyl groups excluding tert-OH is 12. The zero-order valence-corrected chi connectivity index (χ0v) is 41.8. The summed E-state index contributed by atoms with van der Waals surface area (Å²) >= 11 is 0. The van der Waals surface area contributed by atoms with Gasteiger partial charge in [-0.2, -0.15) is 0 Å². The van der Waals surface area contributed by atoms with Crippen LogP contribution in [0, 0.1) is 46.3 Å². The summed E-state index contributed by atoms with van der Waals surface area (Å²) in [4.78, 5) is 0. The molecule has 8 fully saturated rings. The van der Waals surface area contributed by atoms with Crippen LogP contribution in [0.3, 0.4) is 0 Å². The van der Waals surface area contributed by atoms with E-state index >= 15 is 0 Å². The minimum atomic E-state index is -1.74. The van der Waals surface area contributed by atoms with Crippen LogP contribution >= 0.6 is 0 Å². The first-order valence-electron chi connectivity index (χ1n) is 26.3. The second-order valence-corrected chi connectivity index (χ2v) is 23.3. The summed E-state index contributed by atoms with van der Waals surface area (Å²) in [5.74, 6) is -0.222. The van der Waals surface area contributed by atoms with Crippen molar-refractivity contribution in [3.63, 3.8) is 0 Å². The first kappa shape index (κ1) is 55.6. The van der Waals surface area contributed by atoms with Gasteiger partial charge in [-0.1, -0.05) is 39.3 Å². The highest BCUT2D eigenvalue weighted by atomic mass is 16.8. The van der Waals surface area contributed by atoms with Crippen molar-refractivity contribution in [2.24, 2.45) is 46.3 Å². The van der Waals surface area contributed by atoms with E-state index < -0.39 is 148 Å². The maximum Gasteiger partial charge on any atom is 0.187 e. The molecule has 0 spiro atoms. The van der Waals surface area contributed by atoms with Gasteiger partial charge in [-0.25, -0.2) is 0 Å². The maximum atomic E-state index is 12.1. The van der Waals surface area contributed by atoms with Crippen molar-refractivity contribution in [1.82, 2.24) is 0 Å². The molecule has 0 aromatic rings. The zero-order valence-electron chi connectivity index (χ0n) is 41.8. The van der Waals surface area contributed by atoms with Crippen molar-refractivity contribution < 1.29 is 109 Å². The summed E-state index contributed by atoms with van der Waals surface area (Å²) in [5, 5.41) is 138. The van der Waals surface area contributed by atoms with E-state index in [0.717, 1.165) is 32.1 Å². The van der Waals surface area contributed by atoms with Crippen molar-refractivity contribution in [2.75, 3.05) is 26.4 Å². The molecule has 22 nitrogen and oxygen atoms in total. The van der Waals surface area contributed by atoms with Gasteiger partial charge in [-0.05, 0) is 98.7 Å². The summed E-state index contributed by atoms with van der Waals surface area (Å²) < 4.78 is 54.3. The summed E-state index contributed by atoms with van der Waals surface area (Å²) in [6.07, 6.45) is -18.8. The van der Waals surface area contributed by atoms with E-state index in [1.807, 2.05) is 6.92 Å². The number of hydrogen-bond acceptors (Lipinski definition) is 22. The van der Waals surface area contributed by atoms with Gasteiger partial charge < -0.3 is 109 Å². The van der Waals surface area contributed by atoms with Crippen molar-refractivity contribution in [3.8, 4) is 0 Å². The molecule has 13 N–H and O–H groups in total. The molecule has 5 saturated heterocycles. The number of hydrogen-bond donors (Lipinski definition) is 13. The molecule has 9 aliphatic rings. The van der Waals surface area contributed by atoms with Crippen molar-refractivity contribution >= 4 is 0 Å². The molecule has 30 atom stereocenters. The Bertz CT molecular complexity index is 1860. The fourth-order valence-corrected chi connectivity index (χ4v) is 14.8. The highest BCUT2D eigenvalue weighted by Gasteiger charge is 2.68. The molecule has 414 valence electrons. The Kier molecular flexibility index (Phi) is 16.7. The third-order valence-electron chi connectivity index (χ3n) is 19.2. The lowest BCUT2D eigenvalue weighted by atomic mass is 9.47. The predicted molar refractivity (Wildman–Crippen MR) is 244 cm³/mol. The monoisotopic (exact) mass is 1030 g/mol. The van der Waals surface area contributed by atoms with Gasteiger partial charge in [0.2, 0.25) is 0 Å². The lowest BCUT2D eigenvalue weighted by molar-refractivity contribution is -0.380. The van der Waals surface area contributed by atoms with Crippen molar-refractivity contribution in [2.45, 2.75) is 227 Å². The van der Waals surface area contributed by atoms with Crippen molar-refractivity contribution in [1.29, 1.82) is 0 Å². The van der Waals surface area contributed by atoms with Gasteiger partial charge in [0.25, 0.3) is 0 Å². The highest BCUT2D eigenvalue weighted by Crippen LogP contribution is 2.70. The minimum Gasteiger partial charge on any atom is -0.394 e. The molecule has 22 heteroatoms. The van der Waals surface area contributed by atoms with E-state index in [1.165, 1.54) is 12.5 Å². The van der Waals surface area contributed by atoms with Gasteiger partial charge in [0.05, 0.1) is 44.7 Å². The van der Waals surface area contributed by atoms with E-state index in [4.69, 9.17) is 42.6 Å². The number of rotatable bonds is 15. The largest absolute Gasteiger partial charge is 0.394 e. The Balaban J connectivity index is 0.843. The van der Waals surface area contributed by atoms with Gasteiger partial charge in [0, 0.05) is 12.3 Å². The molecule has 72 heavy (non-hydrogen) atoms. The summed E-state index contributed by atoms with van der Waals surface area (Å²) in [6, 6.07) is 0. The number of ether oxygens (including phenoxy) is 9. The van der Waals surface area contributed by atoms with Crippen LogP contribution in [0.25, 0.3) is 0 Å². The first-order chi connectivity index (χ1) is 34.1. The lowest BCUT2D eigenvalue weighted by Gasteiger charge is -2.58. The Labute approximate surface area is 419 Å². The number of fused-ring (bicyclic) bond motifs is 7. The summed E-state index contributed by atoms with van der Waals surface area (Å²) in [7, 11) is 0. The van der Waals surface area contributed by atoms with E-state index in [-0.39, 0.29) is 41.3 Å². The van der Waals surface area contributed by atoms with E-state index in [9.17, 15) is 66.4 Å². The molecule has 5 aliphatic heterocycles. The van der Waals surface area contributed by atoms with Gasteiger partial charge in [0.15, 0.2) is 30.9 Å². The Morgan fingerprint density at radius 3 is 1.94 bits per heavy atom. The Morgan fingerprint density at radius 2 is 1.25 bits per heavy atom. The molecule has 9 rings (SSSR count). The van der Waals surface area contributed by atoms with Gasteiger partial charge in [0.1, 0.15) is 85.5 Å². The molecule has 4 aliphatic carbocycles. The fourth-order valence-electron chi connectivity index (χ4n) is 14.8. The van der Waals surface area contributed by atoms with Crippen LogP contribution in [-0.4, -0.2) is 228 Å². The smallest absolute Gasteiger partial charge is 0.187 e. The van der Waals surface area contributed by atoms with Crippen LogP contribution in [0.4, 0.5) is 0 Å². The van der Waals surface area contributed by atoms with Crippen LogP contribution < -0.4 is 0 Å². The van der Waals surface area contributed by atoms with Gasteiger partial charge in [-0.3, -0.25) is 0 Å². The number of aliphatic hydroxyl groups is 13. The molecule has 0 aromatic heterocycles. The number of allylic oxidation sites excluding steroid dienone is 1. The molecule has 5 heterocycles. The van der Waals surface area contributed by atoms with Crippen LogP contribution in [0.1, 0.15) is 92.4 Å². The third kappa shape index (κ3) is 9.80. The second-order valence-electron chi connectivity index (χ2n) is 23.3. The lowest BCUT2D eigenvalue weighted by Crippen LogP contribution is -2.65. The Hall–Kier alpha value is -1.14. The molecule has 3 saturated carbocycles. The van der Waals surface area contributed by atoms with E-state index in [1.54, 1.807) is 0 Å². The summed E-state index contributed by atoms with van der Waals surface area (Å²) in [5.41, 5.74) is 1.07. The average molecular weight is 1040 g/mol. The van der Waals surface area contributed by atoms with Crippen LogP contribution in [0.15, 0.2) is 11.6 Å².